The lowest BCUT2D eigenvalue weighted by molar-refractivity contribution is 0.237. The summed E-state index contributed by atoms with van der Waals surface area (Å²) in [6.45, 7) is 2.60. The second-order valence-electron chi connectivity index (χ2n) is 2.97. The predicted molar refractivity (Wildman–Crippen MR) is 47.7 cm³/mol. The molecule has 0 saturated heterocycles. The third-order valence-electron chi connectivity index (χ3n) is 1.84. The fraction of sp³-hybridized carbons (Fsp3) is 0.750. The van der Waals surface area contributed by atoms with Crippen LogP contribution in [0.2, 0.25) is 0 Å². The van der Waals surface area contributed by atoms with Crippen molar-refractivity contribution in [1.82, 2.24) is 9.72 Å². The van der Waals surface area contributed by atoms with Gasteiger partial charge in [-0.3, -0.25) is 0 Å². The predicted octanol–water partition coefficient (Wildman–Crippen LogP) is 0.710. The van der Waals surface area contributed by atoms with Crippen molar-refractivity contribution < 1.29 is 4.52 Å². The molecule has 0 aliphatic carbocycles. The van der Waals surface area contributed by atoms with Crippen molar-refractivity contribution in [1.29, 1.82) is 0 Å². The Morgan fingerprint density at radius 3 is 2.62 bits per heavy atom. The summed E-state index contributed by atoms with van der Waals surface area (Å²) in [6.07, 6.45) is 4.21. The van der Waals surface area contributed by atoms with Gasteiger partial charge >= 0.3 is 11.4 Å². The molecule has 0 fully saturated rings. The fourth-order valence-corrected chi connectivity index (χ4v) is 1.14. The van der Waals surface area contributed by atoms with Gasteiger partial charge in [0, 0.05) is 0 Å². The first-order chi connectivity index (χ1) is 6.24. The molecule has 0 radical (unpaired) electrons. The smallest absolute Gasteiger partial charge is 0.317 e. The minimum absolute atomic E-state index is 0.457. The number of unbranched alkanes of at least 4 members (excludes halogenated alkanes) is 3. The molecule has 0 spiro atoms. The molecule has 0 aliphatic rings. The zero-order chi connectivity index (χ0) is 9.68. The number of aromatic amines is 1. The normalized spacial score (nSPS) is 10.5. The second-order valence-corrected chi connectivity index (χ2v) is 2.97. The largest absolute Gasteiger partial charge is 0.440 e. The molecule has 1 aromatic heterocycles. The van der Waals surface area contributed by atoms with Crippen LogP contribution in [0.1, 0.15) is 32.6 Å². The van der Waals surface area contributed by atoms with E-state index in [0.717, 1.165) is 30.4 Å². The van der Waals surface area contributed by atoms with Gasteiger partial charge in [-0.05, 0) is 6.42 Å². The maximum Gasteiger partial charge on any atom is 0.440 e. The van der Waals surface area contributed by atoms with E-state index >= 15 is 0 Å². The van der Waals surface area contributed by atoms with E-state index in [4.69, 9.17) is 0 Å². The lowest BCUT2D eigenvalue weighted by Crippen LogP contribution is -2.16. The summed E-state index contributed by atoms with van der Waals surface area (Å²) in [7, 11) is 0. The number of aryl methyl sites for hydroxylation is 1. The lowest BCUT2D eigenvalue weighted by atomic mass is 10.2. The van der Waals surface area contributed by atoms with E-state index in [1.54, 1.807) is 0 Å². The van der Waals surface area contributed by atoms with Crippen LogP contribution in [0.5, 0.6) is 0 Å². The first kappa shape index (κ1) is 9.83. The zero-order valence-corrected chi connectivity index (χ0v) is 7.71. The Hall–Kier alpha value is -1.26. The van der Waals surface area contributed by atoms with Crippen molar-refractivity contribution in [2.45, 2.75) is 39.2 Å². The number of aromatic nitrogens is 2. The molecule has 0 atom stereocenters. The Bertz CT molecular complexity index is 347. The van der Waals surface area contributed by atoms with E-state index in [1.807, 2.05) is 4.98 Å². The van der Waals surface area contributed by atoms with Gasteiger partial charge in [-0.25, -0.2) is 14.6 Å². The maximum absolute atomic E-state index is 10.9. The highest BCUT2D eigenvalue weighted by Crippen LogP contribution is 1.99. The standard InChI is InChI=1S/C8H14N2O3/c1-2-3-4-5-6-10-7(11)9-8(12)13-10/h2-6H2,1H3,(H,9,11,12). The second kappa shape index (κ2) is 4.69. The third-order valence-corrected chi connectivity index (χ3v) is 1.84. The van der Waals surface area contributed by atoms with Crippen LogP contribution in [0.15, 0.2) is 14.1 Å². The zero-order valence-electron chi connectivity index (χ0n) is 7.71. The third kappa shape index (κ3) is 2.93. The Balaban J connectivity index is 2.41. The molecular weight excluding hydrogens is 172 g/mol. The fourth-order valence-electron chi connectivity index (χ4n) is 1.14. The molecule has 0 amide bonds. The van der Waals surface area contributed by atoms with Crippen LogP contribution in [-0.4, -0.2) is 9.72 Å². The summed E-state index contributed by atoms with van der Waals surface area (Å²) in [6, 6.07) is 0. The van der Waals surface area contributed by atoms with Gasteiger partial charge < -0.3 is 4.52 Å². The average Bonchev–Trinajstić information content (AvgIpc) is 2.39. The Kier molecular flexibility index (Phi) is 3.54. The molecular formula is C8H14N2O3. The summed E-state index contributed by atoms with van der Waals surface area (Å²) in [5.41, 5.74) is -0.457. The van der Waals surface area contributed by atoms with E-state index < -0.39 is 11.4 Å². The average molecular weight is 186 g/mol. The highest BCUT2D eigenvalue weighted by Gasteiger charge is 2.00. The number of H-pyrrole nitrogens is 1. The molecule has 1 heterocycles. The van der Waals surface area contributed by atoms with Gasteiger partial charge in [0.1, 0.15) is 0 Å². The van der Waals surface area contributed by atoms with Crippen LogP contribution >= 0.6 is 0 Å². The molecule has 0 aliphatic heterocycles. The quantitative estimate of drug-likeness (QED) is 0.688. The SMILES string of the molecule is CCCCCCn1oc(=O)[nH]c1=O. The Morgan fingerprint density at radius 2 is 2.08 bits per heavy atom. The molecule has 74 valence electrons. The van der Waals surface area contributed by atoms with Gasteiger partial charge in [-0.2, -0.15) is 4.74 Å². The molecule has 0 saturated carbocycles. The van der Waals surface area contributed by atoms with E-state index in [1.165, 1.54) is 0 Å². The van der Waals surface area contributed by atoms with Crippen LogP contribution in [0.4, 0.5) is 0 Å². The van der Waals surface area contributed by atoms with Crippen LogP contribution in [-0.2, 0) is 6.54 Å². The molecule has 5 heteroatoms. The molecule has 1 N–H and O–H groups in total. The van der Waals surface area contributed by atoms with Gasteiger partial charge in [0.25, 0.3) is 0 Å². The van der Waals surface area contributed by atoms with E-state index in [-0.39, 0.29) is 0 Å². The molecule has 13 heavy (non-hydrogen) atoms. The molecule has 1 rings (SSSR count). The first-order valence-electron chi connectivity index (χ1n) is 4.54. The van der Waals surface area contributed by atoms with Gasteiger partial charge in [-0.1, -0.05) is 26.2 Å². The number of hydrogen-bond donors (Lipinski definition) is 1. The molecule has 1 aromatic rings. The summed E-state index contributed by atoms with van der Waals surface area (Å²) in [4.78, 5) is 23.5. The maximum atomic E-state index is 10.9. The summed E-state index contributed by atoms with van der Waals surface area (Å²) in [5, 5.41) is 0. The number of nitrogens with one attached hydrogen (secondary N) is 1. The van der Waals surface area contributed by atoms with Crippen molar-refractivity contribution in [3.63, 3.8) is 0 Å². The van der Waals surface area contributed by atoms with Crippen molar-refractivity contribution >= 4 is 0 Å². The van der Waals surface area contributed by atoms with E-state index in [2.05, 4.69) is 11.4 Å². The van der Waals surface area contributed by atoms with Crippen LogP contribution < -0.4 is 11.4 Å². The van der Waals surface area contributed by atoms with Crippen molar-refractivity contribution in [3.8, 4) is 0 Å². The summed E-state index contributed by atoms with van der Waals surface area (Å²) in [5.74, 6) is -0.680. The highest BCUT2D eigenvalue weighted by molar-refractivity contribution is 4.55. The molecule has 5 nitrogen and oxygen atoms in total. The van der Waals surface area contributed by atoms with Crippen molar-refractivity contribution in [2.24, 2.45) is 0 Å². The van der Waals surface area contributed by atoms with Crippen LogP contribution in [0.25, 0.3) is 0 Å². The van der Waals surface area contributed by atoms with Gasteiger partial charge in [0.2, 0.25) is 0 Å². The van der Waals surface area contributed by atoms with Crippen molar-refractivity contribution in [2.75, 3.05) is 0 Å². The van der Waals surface area contributed by atoms with Crippen LogP contribution in [0.3, 0.4) is 0 Å². The first-order valence-corrected chi connectivity index (χ1v) is 4.54. The molecule has 0 aromatic carbocycles. The number of nitrogens with zero attached hydrogens (tertiary/aromatic N) is 1. The Labute approximate surface area is 75.3 Å². The van der Waals surface area contributed by atoms with E-state index in [9.17, 15) is 9.59 Å². The monoisotopic (exact) mass is 186 g/mol. The Morgan fingerprint density at radius 1 is 1.31 bits per heavy atom. The lowest BCUT2D eigenvalue weighted by Gasteiger charge is -1.97. The molecule has 0 unspecified atom stereocenters. The van der Waals surface area contributed by atoms with Gasteiger partial charge in [0.15, 0.2) is 0 Å². The summed E-state index contributed by atoms with van der Waals surface area (Å²) >= 11 is 0. The van der Waals surface area contributed by atoms with Gasteiger partial charge in [-0.15, -0.1) is 0 Å². The minimum Gasteiger partial charge on any atom is -0.317 e. The van der Waals surface area contributed by atoms with Gasteiger partial charge in [0.05, 0.1) is 6.54 Å². The highest BCUT2D eigenvalue weighted by atomic mass is 16.5. The van der Waals surface area contributed by atoms with Crippen molar-refractivity contribution in [3.05, 3.63) is 21.0 Å². The minimum atomic E-state index is -0.680. The topological polar surface area (TPSA) is 68.0 Å². The number of hydrogen-bond acceptors (Lipinski definition) is 3. The number of rotatable bonds is 5. The van der Waals surface area contributed by atoms with E-state index in [0.29, 0.717) is 6.54 Å². The molecule has 0 bridgehead atoms. The van der Waals surface area contributed by atoms with Crippen LogP contribution in [0, 0.1) is 0 Å². The summed E-state index contributed by atoms with van der Waals surface area (Å²) < 4.78 is 5.65.